The molecule has 1 aliphatic rings. The summed E-state index contributed by atoms with van der Waals surface area (Å²) in [7, 11) is 4.63. The Morgan fingerprint density at radius 1 is 0.966 bits per heavy atom. The molecule has 156 valence electrons. The van der Waals surface area contributed by atoms with Gasteiger partial charge in [-0.2, -0.15) is 0 Å². The Labute approximate surface area is 173 Å². The summed E-state index contributed by atoms with van der Waals surface area (Å²) >= 11 is 0. The summed E-state index contributed by atoms with van der Waals surface area (Å²) in [6, 6.07) is 12.1. The summed E-state index contributed by atoms with van der Waals surface area (Å²) in [6.07, 6.45) is 5.79. The van der Waals surface area contributed by atoms with Gasteiger partial charge < -0.3 is 19.5 Å². The summed E-state index contributed by atoms with van der Waals surface area (Å²) in [5.74, 6) is 1.18. The molecule has 0 atom stereocenters. The van der Waals surface area contributed by atoms with Crippen LogP contribution in [0, 0.1) is 6.92 Å². The number of benzene rings is 2. The molecule has 29 heavy (non-hydrogen) atoms. The first-order valence-corrected chi connectivity index (χ1v) is 10.2. The largest absolute Gasteiger partial charge is 0.493 e. The molecule has 0 aliphatic heterocycles. The lowest BCUT2D eigenvalue weighted by atomic mass is 9.69. The van der Waals surface area contributed by atoms with Gasteiger partial charge in [-0.25, -0.2) is 0 Å². The van der Waals surface area contributed by atoms with Gasteiger partial charge in [0.05, 0.1) is 26.9 Å². The van der Waals surface area contributed by atoms with Crippen molar-refractivity contribution in [2.24, 2.45) is 0 Å². The number of aryl methyl sites for hydroxylation is 1. The molecule has 0 heterocycles. The van der Waals surface area contributed by atoms with Crippen molar-refractivity contribution in [3.05, 3.63) is 53.1 Å². The van der Waals surface area contributed by atoms with Crippen molar-refractivity contribution in [1.29, 1.82) is 0 Å². The molecule has 5 nitrogen and oxygen atoms in total. The zero-order chi connectivity index (χ0) is 20.9. The van der Waals surface area contributed by atoms with E-state index in [1.165, 1.54) is 44.6 Å². The van der Waals surface area contributed by atoms with Gasteiger partial charge in [0, 0.05) is 12.0 Å². The van der Waals surface area contributed by atoms with Gasteiger partial charge >= 0.3 is 0 Å². The van der Waals surface area contributed by atoms with E-state index < -0.39 is 0 Å². The third-order valence-corrected chi connectivity index (χ3v) is 5.98. The maximum absolute atomic E-state index is 13.1. The molecule has 1 fully saturated rings. The Bertz CT molecular complexity index is 856. The zero-order valence-electron chi connectivity index (χ0n) is 17.8. The first-order chi connectivity index (χ1) is 14.0. The standard InChI is InChI=1S/C24H31NO4/c1-17-9-8-10-18(15-17)24(13-6-5-7-14-24)16-25-23(26)19-11-12-20(27-2)22(29-4)21(19)28-3/h8-12,15H,5-7,13-14,16H2,1-4H3,(H,25,26). The van der Waals surface area contributed by atoms with Crippen LogP contribution in [-0.2, 0) is 5.41 Å². The van der Waals surface area contributed by atoms with Gasteiger partial charge in [0.15, 0.2) is 11.5 Å². The number of carbonyl (C=O) groups is 1. The molecule has 0 bridgehead atoms. The summed E-state index contributed by atoms with van der Waals surface area (Å²) < 4.78 is 16.2. The maximum atomic E-state index is 13.1. The number of nitrogens with one attached hydrogen (secondary N) is 1. The molecular formula is C24H31NO4. The normalized spacial score (nSPS) is 15.4. The first-order valence-electron chi connectivity index (χ1n) is 10.2. The average Bonchev–Trinajstić information content (AvgIpc) is 2.76. The van der Waals surface area contributed by atoms with E-state index in [2.05, 4.69) is 36.5 Å². The van der Waals surface area contributed by atoms with Crippen molar-refractivity contribution in [2.45, 2.75) is 44.4 Å². The quantitative estimate of drug-likeness (QED) is 0.739. The van der Waals surface area contributed by atoms with Crippen LogP contribution >= 0.6 is 0 Å². The van der Waals surface area contributed by atoms with Crippen molar-refractivity contribution in [2.75, 3.05) is 27.9 Å². The minimum Gasteiger partial charge on any atom is -0.493 e. The minimum atomic E-state index is -0.166. The number of hydrogen-bond donors (Lipinski definition) is 1. The molecule has 1 aliphatic carbocycles. The molecule has 0 aromatic heterocycles. The molecule has 0 spiro atoms. The Kier molecular flexibility index (Phi) is 6.68. The fourth-order valence-electron chi connectivity index (χ4n) is 4.40. The average molecular weight is 398 g/mol. The van der Waals surface area contributed by atoms with Crippen molar-refractivity contribution in [1.82, 2.24) is 5.32 Å². The Morgan fingerprint density at radius 3 is 2.31 bits per heavy atom. The molecule has 2 aromatic rings. The topological polar surface area (TPSA) is 56.8 Å². The molecule has 1 amide bonds. The first kappa shape index (κ1) is 21.0. The Morgan fingerprint density at radius 2 is 1.69 bits per heavy atom. The van der Waals surface area contributed by atoms with E-state index in [0.717, 1.165) is 12.8 Å². The van der Waals surface area contributed by atoms with E-state index in [9.17, 15) is 4.79 Å². The molecule has 2 aromatic carbocycles. The van der Waals surface area contributed by atoms with Gasteiger partial charge in [0.2, 0.25) is 5.75 Å². The second-order valence-corrected chi connectivity index (χ2v) is 7.78. The summed E-state index contributed by atoms with van der Waals surface area (Å²) in [5, 5.41) is 3.18. The van der Waals surface area contributed by atoms with Crippen LogP contribution in [0.25, 0.3) is 0 Å². The zero-order valence-corrected chi connectivity index (χ0v) is 17.8. The van der Waals surface area contributed by atoms with Crippen LogP contribution in [-0.4, -0.2) is 33.8 Å². The highest BCUT2D eigenvalue weighted by Crippen LogP contribution is 2.41. The maximum Gasteiger partial charge on any atom is 0.255 e. The van der Waals surface area contributed by atoms with Gasteiger partial charge in [-0.3, -0.25) is 4.79 Å². The predicted octanol–water partition coefficient (Wildman–Crippen LogP) is 4.65. The highest BCUT2D eigenvalue weighted by Gasteiger charge is 2.34. The monoisotopic (exact) mass is 397 g/mol. The van der Waals surface area contributed by atoms with E-state index in [1.54, 1.807) is 19.2 Å². The predicted molar refractivity (Wildman–Crippen MR) is 114 cm³/mol. The van der Waals surface area contributed by atoms with Crippen LogP contribution in [0.1, 0.15) is 53.6 Å². The Balaban J connectivity index is 1.86. The number of ether oxygens (including phenoxy) is 3. The van der Waals surface area contributed by atoms with E-state index in [1.807, 2.05) is 0 Å². The highest BCUT2D eigenvalue weighted by molar-refractivity contribution is 5.98. The van der Waals surface area contributed by atoms with Gasteiger partial charge in [0.25, 0.3) is 5.91 Å². The van der Waals surface area contributed by atoms with Crippen molar-refractivity contribution < 1.29 is 19.0 Å². The fourth-order valence-corrected chi connectivity index (χ4v) is 4.40. The van der Waals surface area contributed by atoms with Crippen LogP contribution in [0.3, 0.4) is 0 Å². The molecule has 3 rings (SSSR count). The third-order valence-electron chi connectivity index (χ3n) is 5.98. The van der Waals surface area contributed by atoms with Gasteiger partial charge in [-0.05, 0) is 37.5 Å². The number of carbonyl (C=O) groups excluding carboxylic acids is 1. The summed E-state index contributed by atoms with van der Waals surface area (Å²) in [4.78, 5) is 13.1. The second-order valence-electron chi connectivity index (χ2n) is 7.78. The number of rotatable bonds is 7. The van der Waals surface area contributed by atoms with Crippen molar-refractivity contribution >= 4 is 5.91 Å². The molecule has 5 heteroatoms. The minimum absolute atomic E-state index is 0.0241. The van der Waals surface area contributed by atoms with Crippen LogP contribution in [0.15, 0.2) is 36.4 Å². The smallest absolute Gasteiger partial charge is 0.255 e. The lowest BCUT2D eigenvalue weighted by Gasteiger charge is -2.38. The third kappa shape index (κ3) is 4.34. The van der Waals surface area contributed by atoms with Crippen LogP contribution < -0.4 is 19.5 Å². The number of amides is 1. The number of methoxy groups -OCH3 is 3. The molecule has 1 N–H and O–H groups in total. The fraction of sp³-hybridized carbons (Fsp3) is 0.458. The van der Waals surface area contributed by atoms with Crippen LogP contribution in [0.4, 0.5) is 0 Å². The van der Waals surface area contributed by atoms with E-state index in [4.69, 9.17) is 14.2 Å². The van der Waals surface area contributed by atoms with E-state index in [-0.39, 0.29) is 11.3 Å². The van der Waals surface area contributed by atoms with Crippen LogP contribution in [0.2, 0.25) is 0 Å². The van der Waals surface area contributed by atoms with Gasteiger partial charge in [-0.15, -0.1) is 0 Å². The molecule has 0 saturated heterocycles. The highest BCUT2D eigenvalue weighted by atomic mass is 16.5. The number of hydrogen-bond acceptors (Lipinski definition) is 4. The molecule has 0 radical (unpaired) electrons. The summed E-state index contributed by atoms with van der Waals surface area (Å²) in [6.45, 7) is 2.72. The van der Waals surface area contributed by atoms with Gasteiger partial charge in [-0.1, -0.05) is 49.1 Å². The van der Waals surface area contributed by atoms with Gasteiger partial charge in [0.1, 0.15) is 0 Å². The lowest BCUT2D eigenvalue weighted by Crippen LogP contribution is -2.42. The van der Waals surface area contributed by atoms with Crippen molar-refractivity contribution in [3.63, 3.8) is 0 Å². The van der Waals surface area contributed by atoms with E-state index in [0.29, 0.717) is 29.4 Å². The van der Waals surface area contributed by atoms with E-state index >= 15 is 0 Å². The van der Waals surface area contributed by atoms with Crippen LogP contribution in [0.5, 0.6) is 17.2 Å². The Hall–Kier alpha value is -2.69. The SMILES string of the molecule is COc1ccc(C(=O)NCC2(c3cccc(C)c3)CCCCC2)c(OC)c1OC. The van der Waals surface area contributed by atoms with Crippen molar-refractivity contribution in [3.8, 4) is 17.2 Å². The molecule has 1 saturated carbocycles. The lowest BCUT2D eigenvalue weighted by molar-refractivity contribution is 0.0933. The molecule has 0 unspecified atom stereocenters. The second kappa shape index (κ2) is 9.21. The molecular weight excluding hydrogens is 366 g/mol. The summed E-state index contributed by atoms with van der Waals surface area (Å²) in [5.41, 5.74) is 2.99.